The molecule has 1 aliphatic carbocycles. The number of carbonyl (C=O) groups is 2. The Morgan fingerprint density at radius 2 is 2.05 bits per heavy atom. The number of carbonyl (C=O) groups excluding carboxylic acids is 2. The van der Waals surface area contributed by atoms with E-state index in [1.807, 2.05) is 0 Å². The van der Waals surface area contributed by atoms with Crippen molar-refractivity contribution in [3.05, 3.63) is 0 Å². The van der Waals surface area contributed by atoms with Crippen molar-refractivity contribution in [3.63, 3.8) is 0 Å². The third kappa shape index (κ3) is 3.90. The molecule has 1 heterocycles. The minimum atomic E-state index is -0.314. The molecule has 7 nitrogen and oxygen atoms in total. The molecule has 124 valence electrons. The van der Waals surface area contributed by atoms with Crippen LogP contribution in [0.3, 0.4) is 0 Å². The Morgan fingerprint density at radius 3 is 2.59 bits per heavy atom. The van der Waals surface area contributed by atoms with E-state index in [0.717, 1.165) is 12.5 Å². The Hall–Kier alpha value is -1.79. The first-order valence-electron chi connectivity index (χ1n) is 8.13. The highest BCUT2D eigenvalue weighted by Gasteiger charge is 2.32. The summed E-state index contributed by atoms with van der Waals surface area (Å²) in [6.45, 7) is 4.13. The number of hydrogen-bond acceptors (Lipinski definition) is 3. The molecule has 2 aliphatic rings. The number of amides is 3. The molecule has 0 bridgehead atoms. The largest absolute Gasteiger partial charge is 0.356 e. The van der Waals surface area contributed by atoms with Crippen LogP contribution in [-0.4, -0.2) is 56.0 Å². The lowest BCUT2D eigenvalue weighted by Crippen LogP contribution is -2.46. The zero-order chi connectivity index (χ0) is 16.0. The summed E-state index contributed by atoms with van der Waals surface area (Å²) in [5.74, 6) is 0.553. The van der Waals surface area contributed by atoms with Crippen LogP contribution in [-0.2, 0) is 4.79 Å². The normalized spacial score (nSPS) is 21.2. The summed E-state index contributed by atoms with van der Waals surface area (Å²) in [6.07, 6.45) is 6.35. The Balaban J connectivity index is 1.73. The summed E-state index contributed by atoms with van der Waals surface area (Å²) < 4.78 is 0. The number of imide groups is 1. The van der Waals surface area contributed by atoms with Crippen LogP contribution >= 0.6 is 0 Å². The first-order valence-corrected chi connectivity index (χ1v) is 8.13. The predicted octanol–water partition coefficient (Wildman–Crippen LogP) is 0.674. The highest BCUT2D eigenvalue weighted by Crippen LogP contribution is 2.40. The van der Waals surface area contributed by atoms with E-state index in [0.29, 0.717) is 18.5 Å². The third-order valence-corrected chi connectivity index (χ3v) is 4.83. The number of urea groups is 1. The van der Waals surface area contributed by atoms with Crippen LogP contribution in [0.2, 0.25) is 0 Å². The van der Waals surface area contributed by atoms with Crippen LogP contribution in [0, 0.1) is 5.41 Å². The van der Waals surface area contributed by atoms with Gasteiger partial charge in [-0.25, -0.2) is 4.79 Å². The van der Waals surface area contributed by atoms with Crippen molar-refractivity contribution >= 4 is 17.9 Å². The first-order chi connectivity index (χ1) is 10.6. The number of nitrogens with zero attached hydrogens (tertiary/aromatic N) is 2. The summed E-state index contributed by atoms with van der Waals surface area (Å²) in [7, 11) is 1.73. The maximum Gasteiger partial charge on any atom is 0.324 e. The molecule has 0 aromatic carbocycles. The van der Waals surface area contributed by atoms with Gasteiger partial charge in [0.1, 0.15) is 0 Å². The molecule has 0 atom stereocenters. The fraction of sp³-hybridized carbons (Fsp3) is 0.800. The Morgan fingerprint density at radius 1 is 1.32 bits per heavy atom. The van der Waals surface area contributed by atoms with E-state index < -0.39 is 0 Å². The lowest BCUT2D eigenvalue weighted by molar-refractivity contribution is -0.124. The molecule has 1 saturated carbocycles. The van der Waals surface area contributed by atoms with E-state index in [-0.39, 0.29) is 18.5 Å². The van der Waals surface area contributed by atoms with Gasteiger partial charge in [0.05, 0.1) is 6.54 Å². The lowest BCUT2D eigenvalue weighted by Gasteiger charge is -2.28. The highest BCUT2D eigenvalue weighted by atomic mass is 16.2. The second-order valence-corrected chi connectivity index (χ2v) is 6.12. The molecule has 3 N–H and O–H groups in total. The molecule has 0 spiro atoms. The van der Waals surface area contributed by atoms with Gasteiger partial charge in [-0.2, -0.15) is 0 Å². The van der Waals surface area contributed by atoms with Gasteiger partial charge in [-0.05, 0) is 24.7 Å². The van der Waals surface area contributed by atoms with Crippen LogP contribution in [0.5, 0.6) is 0 Å². The van der Waals surface area contributed by atoms with Crippen molar-refractivity contribution in [2.75, 3.05) is 33.2 Å². The lowest BCUT2D eigenvalue weighted by atomic mass is 9.83. The van der Waals surface area contributed by atoms with Gasteiger partial charge in [0.15, 0.2) is 5.96 Å². The van der Waals surface area contributed by atoms with E-state index in [9.17, 15) is 9.59 Å². The van der Waals surface area contributed by atoms with Crippen LogP contribution in [0.4, 0.5) is 4.79 Å². The number of aliphatic imine (C=N–C) groups is 1. The van der Waals surface area contributed by atoms with Gasteiger partial charge in [-0.3, -0.25) is 14.7 Å². The summed E-state index contributed by atoms with van der Waals surface area (Å²) in [5, 5.41) is 9.06. The average Bonchev–Trinajstić information content (AvgIpc) is 3.12. The van der Waals surface area contributed by atoms with E-state index in [2.05, 4.69) is 27.9 Å². The summed E-state index contributed by atoms with van der Waals surface area (Å²) in [5.41, 5.74) is 0.391. The number of nitrogens with one attached hydrogen (secondary N) is 3. The standard InChI is InChI=1S/C15H27N5O2/c1-3-15(6-4-5-7-15)11-19-13(16-2)17-8-9-20-12(21)10-18-14(20)22/h3-11H2,1-2H3,(H,18,22)(H2,16,17,19). The highest BCUT2D eigenvalue weighted by molar-refractivity contribution is 6.01. The minimum absolute atomic E-state index is 0.102. The third-order valence-electron chi connectivity index (χ3n) is 4.83. The van der Waals surface area contributed by atoms with Gasteiger partial charge in [0.25, 0.3) is 0 Å². The van der Waals surface area contributed by atoms with Crippen molar-refractivity contribution in [2.45, 2.75) is 39.0 Å². The Labute approximate surface area is 131 Å². The van der Waals surface area contributed by atoms with Crippen molar-refractivity contribution in [1.82, 2.24) is 20.9 Å². The summed E-state index contributed by atoms with van der Waals surface area (Å²) >= 11 is 0. The van der Waals surface area contributed by atoms with Gasteiger partial charge >= 0.3 is 6.03 Å². The topological polar surface area (TPSA) is 85.8 Å². The second-order valence-electron chi connectivity index (χ2n) is 6.12. The number of guanidine groups is 1. The molecule has 0 aromatic heterocycles. The molecule has 3 amide bonds. The molecule has 1 aliphatic heterocycles. The monoisotopic (exact) mass is 309 g/mol. The maximum atomic E-state index is 11.5. The van der Waals surface area contributed by atoms with E-state index in [1.165, 1.54) is 37.0 Å². The smallest absolute Gasteiger partial charge is 0.324 e. The quantitative estimate of drug-likeness (QED) is 0.382. The maximum absolute atomic E-state index is 11.5. The molecule has 1 saturated heterocycles. The van der Waals surface area contributed by atoms with E-state index in [1.54, 1.807) is 7.05 Å². The summed E-state index contributed by atoms with van der Waals surface area (Å²) in [6, 6.07) is -0.314. The van der Waals surface area contributed by atoms with E-state index >= 15 is 0 Å². The molecule has 2 fully saturated rings. The van der Waals surface area contributed by atoms with Gasteiger partial charge < -0.3 is 16.0 Å². The Bertz CT molecular complexity index is 427. The molecule has 2 rings (SSSR count). The van der Waals surface area contributed by atoms with Crippen LogP contribution in [0.1, 0.15) is 39.0 Å². The van der Waals surface area contributed by atoms with Crippen molar-refractivity contribution < 1.29 is 9.59 Å². The van der Waals surface area contributed by atoms with Gasteiger partial charge in [0, 0.05) is 26.7 Å². The SMILES string of the molecule is CCC1(CNC(=NC)NCCN2C(=O)CNC2=O)CCCC1. The minimum Gasteiger partial charge on any atom is -0.356 e. The van der Waals surface area contributed by atoms with Crippen LogP contribution in [0.25, 0.3) is 0 Å². The Kier molecular flexibility index (Phi) is 5.63. The average molecular weight is 309 g/mol. The van der Waals surface area contributed by atoms with Crippen molar-refractivity contribution in [1.29, 1.82) is 0 Å². The molecule has 22 heavy (non-hydrogen) atoms. The molecule has 0 radical (unpaired) electrons. The first kappa shape index (κ1) is 16.6. The molecular weight excluding hydrogens is 282 g/mol. The second kappa shape index (κ2) is 7.47. The fourth-order valence-corrected chi connectivity index (χ4v) is 3.24. The molecule has 0 aromatic rings. The zero-order valence-corrected chi connectivity index (χ0v) is 13.6. The van der Waals surface area contributed by atoms with Gasteiger partial charge in [0.2, 0.25) is 5.91 Å². The number of rotatable bonds is 6. The summed E-state index contributed by atoms with van der Waals surface area (Å²) in [4.78, 5) is 28.3. The van der Waals surface area contributed by atoms with Crippen molar-refractivity contribution in [2.24, 2.45) is 10.4 Å². The predicted molar refractivity (Wildman–Crippen MR) is 85.7 cm³/mol. The van der Waals surface area contributed by atoms with Gasteiger partial charge in [-0.1, -0.05) is 19.8 Å². The molecular formula is C15H27N5O2. The van der Waals surface area contributed by atoms with Crippen molar-refractivity contribution in [3.8, 4) is 0 Å². The van der Waals surface area contributed by atoms with Gasteiger partial charge in [-0.15, -0.1) is 0 Å². The number of hydrogen-bond donors (Lipinski definition) is 3. The van der Waals surface area contributed by atoms with Crippen LogP contribution in [0.15, 0.2) is 4.99 Å². The zero-order valence-electron chi connectivity index (χ0n) is 13.6. The molecule has 7 heteroatoms. The van der Waals surface area contributed by atoms with E-state index in [4.69, 9.17) is 0 Å². The van der Waals surface area contributed by atoms with Crippen LogP contribution < -0.4 is 16.0 Å². The fourth-order valence-electron chi connectivity index (χ4n) is 3.24. The molecule has 0 unspecified atom stereocenters.